The summed E-state index contributed by atoms with van der Waals surface area (Å²) in [6.07, 6.45) is 11.4. The summed E-state index contributed by atoms with van der Waals surface area (Å²) in [5, 5.41) is 20.5. The van der Waals surface area contributed by atoms with E-state index in [4.69, 9.17) is 21.1 Å². The van der Waals surface area contributed by atoms with Crippen molar-refractivity contribution in [2.45, 2.75) is 75.4 Å². The third-order valence-corrected chi connectivity index (χ3v) is 8.33. The first-order chi connectivity index (χ1) is 18.5. The Morgan fingerprint density at radius 2 is 1.66 bits per heavy atom. The smallest absolute Gasteiger partial charge is 0.356 e. The number of nitriles is 2. The molecule has 1 aliphatic heterocycles. The molecule has 0 saturated heterocycles. The molecule has 2 heterocycles. The normalized spacial score (nSPS) is 21.0. The first kappa shape index (κ1) is 25.9. The van der Waals surface area contributed by atoms with E-state index in [0.717, 1.165) is 62.6 Å². The number of nitrogens with zero attached hydrogens (tertiary/aromatic N) is 3. The summed E-state index contributed by atoms with van der Waals surface area (Å²) in [5.41, 5.74) is 1.24. The summed E-state index contributed by atoms with van der Waals surface area (Å²) < 4.78 is 14.8. The minimum absolute atomic E-state index is 0.340. The van der Waals surface area contributed by atoms with Gasteiger partial charge in [-0.25, -0.2) is 4.79 Å². The molecule has 0 N–H and O–H groups in total. The predicted molar refractivity (Wildman–Crippen MR) is 146 cm³/mol. The third kappa shape index (κ3) is 4.44. The summed E-state index contributed by atoms with van der Waals surface area (Å²) in [6, 6.07) is 15.4. The van der Waals surface area contributed by atoms with Crippen LogP contribution in [0, 0.1) is 22.7 Å². The first-order valence-corrected chi connectivity index (χ1v) is 13.6. The number of allylic oxidation sites excluding steroid dienone is 1. The molecule has 2 fully saturated rings. The van der Waals surface area contributed by atoms with Gasteiger partial charge in [-0.2, -0.15) is 10.5 Å². The van der Waals surface area contributed by atoms with Crippen molar-refractivity contribution in [1.29, 1.82) is 10.5 Å². The number of halogens is 1. The van der Waals surface area contributed by atoms with E-state index < -0.39 is 17.2 Å². The number of rotatable bonds is 5. The van der Waals surface area contributed by atoms with Crippen LogP contribution in [0.15, 0.2) is 66.0 Å². The van der Waals surface area contributed by atoms with E-state index in [-0.39, 0.29) is 0 Å². The van der Waals surface area contributed by atoms with Crippen LogP contribution >= 0.6 is 11.6 Å². The fraction of sp³-hybridized carbons (Fsp3) is 0.387. The number of esters is 1. The number of aromatic nitrogens is 1. The lowest BCUT2D eigenvalue weighted by Gasteiger charge is -2.40. The molecule has 2 aromatic rings. The zero-order valence-electron chi connectivity index (χ0n) is 21.3. The molecule has 0 unspecified atom stereocenters. The van der Waals surface area contributed by atoms with Gasteiger partial charge in [0, 0.05) is 22.9 Å². The van der Waals surface area contributed by atoms with Gasteiger partial charge in [0.25, 0.3) is 0 Å². The highest BCUT2D eigenvalue weighted by molar-refractivity contribution is 6.30. The Kier molecular flexibility index (Phi) is 7.19. The highest BCUT2D eigenvalue weighted by Crippen LogP contribution is 2.53. The van der Waals surface area contributed by atoms with Crippen LogP contribution in [-0.2, 0) is 9.47 Å². The predicted octanol–water partition coefficient (Wildman–Crippen LogP) is 7.73. The zero-order valence-corrected chi connectivity index (χ0v) is 22.1. The maximum absolute atomic E-state index is 13.8. The van der Waals surface area contributed by atoms with Gasteiger partial charge in [0.05, 0.1) is 11.8 Å². The lowest BCUT2D eigenvalue weighted by Crippen LogP contribution is -2.42. The van der Waals surface area contributed by atoms with Crippen molar-refractivity contribution >= 4 is 23.8 Å². The fourth-order valence-corrected chi connectivity index (χ4v) is 6.37. The van der Waals surface area contributed by atoms with Gasteiger partial charge in [-0.15, -0.1) is 0 Å². The highest BCUT2D eigenvalue weighted by Gasteiger charge is 2.54. The molecule has 5 rings (SSSR count). The van der Waals surface area contributed by atoms with E-state index in [1.54, 1.807) is 29.0 Å². The number of hydrogen-bond donors (Lipinski definition) is 0. The third-order valence-electron chi connectivity index (χ3n) is 8.08. The van der Waals surface area contributed by atoms with Gasteiger partial charge in [0.2, 0.25) is 0 Å². The maximum Gasteiger partial charge on any atom is 0.356 e. The first-order valence-electron chi connectivity index (χ1n) is 13.2. The van der Waals surface area contributed by atoms with Crippen LogP contribution in [0.4, 0.5) is 0 Å². The lowest BCUT2D eigenvalue weighted by atomic mass is 9.77. The van der Waals surface area contributed by atoms with Gasteiger partial charge in [-0.05, 0) is 81.2 Å². The topological polar surface area (TPSA) is 88.0 Å². The van der Waals surface area contributed by atoms with E-state index in [2.05, 4.69) is 18.7 Å². The van der Waals surface area contributed by atoms with Crippen molar-refractivity contribution < 1.29 is 14.3 Å². The standard InChI is InChI=1S/C31H30ClN3O3/c1-2-35-26(22-9-11-23(32)12-10-22)13-14-27(35)29(36)38-31(18-7-4-8-19-31)28-24(21-34)25(15-20-33)30(37-28)16-5-3-6-17-30/h2,9-15H,1,3-8,16-19H2/b25-15-. The second kappa shape index (κ2) is 10.6. The molecule has 0 amide bonds. The van der Waals surface area contributed by atoms with E-state index in [1.807, 2.05) is 18.2 Å². The van der Waals surface area contributed by atoms with Gasteiger partial charge < -0.3 is 14.0 Å². The second-order valence-corrected chi connectivity index (χ2v) is 10.7. The number of ether oxygens (including phenoxy) is 2. The fourth-order valence-electron chi connectivity index (χ4n) is 6.24. The minimum atomic E-state index is -1.06. The van der Waals surface area contributed by atoms with Crippen molar-refractivity contribution in [2.75, 3.05) is 0 Å². The second-order valence-electron chi connectivity index (χ2n) is 10.3. The Balaban J connectivity index is 1.54. The van der Waals surface area contributed by atoms with Crippen LogP contribution in [0.25, 0.3) is 17.5 Å². The van der Waals surface area contributed by atoms with E-state index in [9.17, 15) is 15.3 Å². The van der Waals surface area contributed by atoms with Gasteiger partial charge in [0.15, 0.2) is 11.4 Å². The monoisotopic (exact) mass is 527 g/mol. The molecule has 2 saturated carbocycles. The van der Waals surface area contributed by atoms with E-state index in [1.165, 1.54) is 6.08 Å². The number of hydrogen-bond acceptors (Lipinski definition) is 5. The van der Waals surface area contributed by atoms with Crippen molar-refractivity contribution in [2.24, 2.45) is 0 Å². The van der Waals surface area contributed by atoms with Crippen LogP contribution in [0.2, 0.25) is 5.02 Å². The van der Waals surface area contributed by atoms with Gasteiger partial charge >= 0.3 is 5.97 Å². The average Bonchev–Trinajstić information content (AvgIpc) is 3.50. The molecule has 2 aliphatic carbocycles. The number of carbonyl (C=O) groups excluding carboxylic acids is 1. The molecule has 194 valence electrons. The molecule has 0 bridgehead atoms. The molecular formula is C31H30ClN3O3. The Morgan fingerprint density at radius 3 is 2.26 bits per heavy atom. The molecule has 3 aliphatic rings. The molecule has 38 heavy (non-hydrogen) atoms. The molecule has 7 heteroatoms. The van der Waals surface area contributed by atoms with Gasteiger partial charge in [0.1, 0.15) is 22.9 Å². The molecule has 1 aromatic carbocycles. The SMILES string of the molecule is C=Cn1c(C(=O)OC2(C3=C(C#N)/C(=C/C#N)C4(CCCCC4)O3)CCCCC2)ccc1-c1ccc(Cl)cc1. The molecule has 6 nitrogen and oxygen atoms in total. The summed E-state index contributed by atoms with van der Waals surface area (Å²) in [7, 11) is 0. The van der Waals surface area contributed by atoms with E-state index >= 15 is 0 Å². The number of carbonyl (C=O) groups is 1. The molecule has 0 radical (unpaired) electrons. The van der Waals surface area contributed by atoms with E-state index in [0.29, 0.717) is 40.5 Å². The molecular weight excluding hydrogens is 498 g/mol. The summed E-state index contributed by atoms with van der Waals surface area (Å²) in [6.45, 7) is 3.92. The van der Waals surface area contributed by atoms with Gasteiger partial charge in [-0.1, -0.05) is 43.2 Å². The van der Waals surface area contributed by atoms with Crippen molar-refractivity contribution in [3.8, 4) is 23.4 Å². The van der Waals surface area contributed by atoms with Crippen molar-refractivity contribution in [1.82, 2.24) is 4.57 Å². The van der Waals surface area contributed by atoms with Crippen LogP contribution in [0.5, 0.6) is 0 Å². The van der Waals surface area contributed by atoms with Crippen LogP contribution in [-0.4, -0.2) is 21.7 Å². The Morgan fingerprint density at radius 1 is 1.00 bits per heavy atom. The van der Waals surface area contributed by atoms with Crippen LogP contribution in [0.3, 0.4) is 0 Å². The zero-order chi connectivity index (χ0) is 26.8. The molecule has 1 aromatic heterocycles. The van der Waals surface area contributed by atoms with Crippen molar-refractivity contribution in [3.63, 3.8) is 0 Å². The Bertz CT molecular complexity index is 1390. The Labute approximate surface area is 228 Å². The van der Waals surface area contributed by atoms with Gasteiger partial charge in [-0.3, -0.25) is 0 Å². The number of benzene rings is 1. The lowest BCUT2D eigenvalue weighted by molar-refractivity contribution is -0.0766. The highest BCUT2D eigenvalue weighted by atomic mass is 35.5. The largest absolute Gasteiger partial charge is 0.481 e. The summed E-state index contributed by atoms with van der Waals surface area (Å²) in [4.78, 5) is 13.8. The average molecular weight is 528 g/mol. The summed E-state index contributed by atoms with van der Waals surface area (Å²) in [5.74, 6) is -0.0816. The minimum Gasteiger partial charge on any atom is -0.481 e. The quantitative estimate of drug-likeness (QED) is 0.293. The molecule has 0 atom stereocenters. The van der Waals surface area contributed by atoms with Crippen LogP contribution < -0.4 is 0 Å². The van der Waals surface area contributed by atoms with Crippen molar-refractivity contribution in [3.05, 3.63) is 76.7 Å². The maximum atomic E-state index is 13.8. The summed E-state index contributed by atoms with van der Waals surface area (Å²) >= 11 is 6.06. The van der Waals surface area contributed by atoms with Crippen LogP contribution in [0.1, 0.15) is 74.7 Å². The Hall–Kier alpha value is -3.74. The molecule has 1 spiro atoms.